The fourth-order valence-corrected chi connectivity index (χ4v) is 3.86. The molecule has 1 aliphatic carbocycles. The van der Waals surface area contributed by atoms with Crippen molar-refractivity contribution in [3.8, 4) is 0 Å². The number of hydrogen-bond acceptors (Lipinski definition) is 7. The summed E-state index contributed by atoms with van der Waals surface area (Å²) in [4.78, 5) is 15.3. The summed E-state index contributed by atoms with van der Waals surface area (Å²) in [5, 5.41) is 3.56. The van der Waals surface area contributed by atoms with Gasteiger partial charge in [0.25, 0.3) is 0 Å². The number of aromatic nitrogens is 3. The van der Waals surface area contributed by atoms with Gasteiger partial charge in [-0.05, 0) is 43.4 Å². The van der Waals surface area contributed by atoms with Gasteiger partial charge in [-0.1, -0.05) is 0 Å². The maximum atomic E-state index is 5.92. The van der Waals surface area contributed by atoms with Gasteiger partial charge in [-0.2, -0.15) is 4.98 Å². The Bertz CT molecular complexity index is 722. The van der Waals surface area contributed by atoms with Crippen molar-refractivity contribution < 1.29 is 0 Å². The number of nitrogens with one attached hydrogen (secondary N) is 1. The van der Waals surface area contributed by atoms with Crippen LogP contribution in [0.25, 0.3) is 0 Å². The standard InChI is InChI=1S/C19H27N7/c20-15-9-14(10-15)17-11-18(25-19(21)24-17)23-16-3-7-26(8-4-16)12-13-1-5-22-6-2-13/h1-2,5-6,11,14-16H,3-4,7-10,12,20H2,(H3,21,23,24,25). The molecule has 5 N–H and O–H groups in total. The highest BCUT2D eigenvalue weighted by molar-refractivity contribution is 5.43. The van der Waals surface area contributed by atoms with Crippen molar-refractivity contribution >= 4 is 11.8 Å². The lowest BCUT2D eigenvalue weighted by molar-refractivity contribution is 0.211. The molecule has 1 aliphatic heterocycles. The van der Waals surface area contributed by atoms with E-state index in [2.05, 4.69) is 43.4 Å². The monoisotopic (exact) mass is 353 g/mol. The number of anilines is 2. The number of nitrogens with two attached hydrogens (primary N) is 2. The summed E-state index contributed by atoms with van der Waals surface area (Å²) in [6, 6.07) is 6.95. The predicted molar refractivity (Wildman–Crippen MR) is 103 cm³/mol. The van der Waals surface area contributed by atoms with Crippen LogP contribution in [0, 0.1) is 0 Å². The largest absolute Gasteiger partial charge is 0.368 e. The molecule has 1 saturated heterocycles. The lowest BCUT2D eigenvalue weighted by Gasteiger charge is -2.33. The van der Waals surface area contributed by atoms with Crippen LogP contribution < -0.4 is 16.8 Å². The first-order chi connectivity index (χ1) is 12.7. The average molecular weight is 353 g/mol. The van der Waals surface area contributed by atoms with Crippen LogP contribution in [0.5, 0.6) is 0 Å². The van der Waals surface area contributed by atoms with Crippen LogP contribution >= 0.6 is 0 Å². The molecule has 2 aromatic rings. The second-order valence-electron chi connectivity index (χ2n) is 7.51. The van der Waals surface area contributed by atoms with E-state index in [1.807, 2.05) is 12.4 Å². The molecule has 2 aromatic heterocycles. The first-order valence-corrected chi connectivity index (χ1v) is 9.43. The molecule has 1 saturated carbocycles. The Morgan fingerprint density at radius 3 is 2.54 bits per heavy atom. The molecule has 2 fully saturated rings. The van der Waals surface area contributed by atoms with Crippen molar-refractivity contribution in [2.45, 2.75) is 50.2 Å². The lowest BCUT2D eigenvalue weighted by Crippen LogP contribution is -2.39. The minimum absolute atomic E-state index is 0.303. The highest BCUT2D eigenvalue weighted by Crippen LogP contribution is 2.35. The van der Waals surface area contributed by atoms with Crippen LogP contribution in [-0.2, 0) is 6.54 Å². The second-order valence-corrected chi connectivity index (χ2v) is 7.51. The summed E-state index contributed by atoms with van der Waals surface area (Å²) in [5.41, 5.74) is 14.2. The summed E-state index contributed by atoms with van der Waals surface area (Å²) < 4.78 is 0. The van der Waals surface area contributed by atoms with Crippen molar-refractivity contribution in [3.05, 3.63) is 41.9 Å². The Hall–Kier alpha value is -2.25. The number of likely N-dealkylation sites (tertiary alicyclic amines) is 1. The van der Waals surface area contributed by atoms with Crippen LogP contribution in [0.2, 0.25) is 0 Å². The third-order valence-corrected chi connectivity index (χ3v) is 5.45. The van der Waals surface area contributed by atoms with Crippen molar-refractivity contribution in [2.75, 3.05) is 24.1 Å². The van der Waals surface area contributed by atoms with E-state index in [1.165, 1.54) is 5.56 Å². The molecule has 7 heteroatoms. The predicted octanol–water partition coefficient (Wildman–Crippen LogP) is 1.73. The van der Waals surface area contributed by atoms with Crippen molar-refractivity contribution in [2.24, 2.45) is 5.73 Å². The molecule has 0 atom stereocenters. The van der Waals surface area contributed by atoms with Crippen LogP contribution in [-0.4, -0.2) is 45.0 Å². The molecule has 0 spiro atoms. The van der Waals surface area contributed by atoms with E-state index in [1.54, 1.807) is 0 Å². The van der Waals surface area contributed by atoms with Gasteiger partial charge < -0.3 is 16.8 Å². The third kappa shape index (κ3) is 4.11. The summed E-state index contributed by atoms with van der Waals surface area (Å²) in [6.45, 7) is 3.14. The van der Waals surface area contributed by atoms with Crippen LogP contribution in [0.1, 0.15) is 42.9 Å². The molecule has 0 unspecified atom stereocenters. The summed E-state index contributed by atoms with van der Waals surface area (Å²) in [5.74, 6) is 1.62. The smallest absolute Gasteiger partial charge is 0.222 e. The normalized spacial score (nSPS) is 24.2. The number of rotatable bonds is 5. The fourth-order valence-electron chi connectivity index (χ4n) is 3.86. The molecule has 0 amide bonds. The number of pyridine rings is 1. The van der Waals surface area contributed by atoms with Gasteiger partial charge in [0.2, 0.25) is 5.95 Å². The number of nitrogens with zero attached hydrogens (tertiary/aromatic N) is 4. The van der Waals surface area contributed by atoms with Crippen LogP contribution in [0.3, 0.4) is 0 Å². The Morgan fingerprint density at radius 2 is 1.85 bits per heavy atom. The Labute approximate surface area is 154 Å². The summed E-state index contributed by atoms with van der Waals surface area (Å²) in [6.07, 6.45) is 7.88. The van der Waals surface area contributed by atoms with E-state index >= 15 is 0 Å². The van der Waals surface area contributed by atoms with E-state index in [0.29, 0.717) is 23.9 Å². The lowest BCUT2D eigenvalue weighted by atomic mass is 9.78. The van der Waals surface area contributed by atoms with Crippen molar-refractivity contribution in [1.82, 2.24) is 19.9 Å². The molecule has 0 aromatic carbocycles. The minimum atomic E-state index is 0.303. The van der Waals surface area contributed by atoms with Gasteiger partial charge in [0.05, 0.1) is 5.69 Å². The van der Waals surface area contributed by atoms with E-state index in [9.17, 15) is 0 Å². The van der Waals surface area contributed by atoms with E-state index < -0.39 is 0 Å². The van der Waals surface area contributed by atoms with Gasteiger partial charge in [-0.3, -0.25) is 9.88 Å². The number of piperidine rings is 1. The van der Waals surface area contributed by atoms with E-state index in [0.717, 1.165) is 56.8 Å². The fraction of sp³-hybridized carbons (Fsp3) is 0.526. The number of nitrogen functional groups attached to an aromatic ring is 1. The van der Waals surface area contributed by atoms with Gasteiger partial charge in [-0.15, -0.1) is 0 Å². The first kappa shape index (κ1) is 17.2. The molecule has 4 rings (SSSR count). The Morgan fingerprint density at radius 1 is 1.12 bits per heavy atom. The third-order valence-electron chi connectivity index (χ3n) is 5.45. The average Bonchev–Trinajstić information content (AvgIpc) is 2.61. The molecular formula is C19H27N7. The molecule has 7 nitrogen and oxygen atoms in total. The maximum absolute atomic E-state index is 5.92. The van der Waals surface area contributed by atoms with Crippen LogP contribution in [0.4, 0.5) is 11.8 Å². The van der Waals surface area contributed by atoms with Gasteiger partial charge in [0.15, 0.2) is 0 Å². The first-order valence-electron chi connectivity index (χ1n) is 9.43. The van der Waals surface area contributed by atoms with Crippen molar-refractivity contribution in [1.29, 1.82) is 0 Å². The molecule has 2 aliphatic rings. The van der Waals surface area contributed by atoms with E-state index in [-0.39, 0.29) is 0 Å². The summed E-state index contributed by atoms with van der Waals surface area (Å²) in [7, 11) is 0. The topological polar surface area (TPSA) is 106 Å². The quantitative estimate of drug-likeness (QED) is 0.751. The minimum Gasteiger partial charge on any atom is -0.368 e. The zero-order chi connectivity index (χ0) is 17.9. The zero-order valence-corrected chi connectivity index (χ0v) is 15.0. The second kappa shape index (κ2) is 7.55. The summed E-state index contributed by atoms with van der Waals surface area (Å²) >= 11 is 0. The highest BCUT2D eigenvalue weighted by Gasteiger charge is 2.29. The van der Waals surface area contributed by atoms with Gasteiger partial charge in [0, 0.05) is 56.1 Å². The van der Waals surface area contributed by atoms with Gasteiger partial charge in [-0.25, -0.2) is 4.98 Å². The van der Waals surface area contributed by atoms with E-state index in [4.69, 9.17) is 11.5 Å². The molecule has 26 heavy (non-hydrogen) atoms. The maximum Gasteiger partial charge on any atom is 0.222 e. The van der Waals surface area contributed by atoms with Gasteiger partial charge >= 0.3 is 0 Å². The SMILES string of the molecule is Nc1nc(NC2CCN(Cc3ccncc3)CC2)cc(C2CC(N)C2)n1. The van der Waals surface area contributed by atoms with Crippen molar-refractivity contribution in [3.63, 3.8) is 0 Å². The molecule has 3 heterocycles. The van der Waals surface area contributed by atoms with Gasteiger partial charge in [0.1, 0.15) is 5.82 Å². The molecule has 0 bridgehead atoms. The molecule has 0 radical (unpaired) electrons. The molecular weight excluding hydrogens is 326 g/mol. The highest BCUT2D eigenvalue weighted by atomic mass is 15.2. The Balaban J connectivity index is 1.31. The van der Waals surface area contributed by atoms with Crippen LogP contribution in [0.15, 0.2) is 30.6 Å². The molecule has 138 valence electrons. The zero-order valence-electron chi connectivity index (χ0n) is 15.0. The number of hydrogen-bond donors (Lipinski definition) is 3. The Kier molecular flexibility index (Phi) is 4.99.